The van der Waals surface area contributed by atoms with Gasteiger partial charge in [0.15, 0.2) is 0 Å². The highest BCUT2D eigenvalue weighted by Crippen LogP contribution is 2.29. The van der Waals surface area contributed by atoms with Crippen molar-refractivity contribution in [3.05, 3.63) is 137 Å². The van der Waals surface area contributed by atoms with Crippen LogP contribution < -0.4 is 21.3 Å². The van der Waals surface area contributed by atoms with Crippen molar-refractivity contribution in [3.8, 4) is 11.1 Å². The lowest BCUT2D eigenvalue weighted by atomic mass is 10.0. The summed E-state index contributed by atoms with van der Waals surface area (Å²) in [5.74, 6) is 1.67. The molecule has 4 heterocycles. The molecule has 0 atom stereocenters. The summed E-state index contributed by atoms with van der Waals surface area (Å²) in [6.07, 6.45) is 2.01. The molecular weight excluding hydrogens is 857 g/mol. The molecule has 340 valence electrons. The number of anilines is 4. The Morgan fingerprint density at radius 1 is 0.515 bits per heavy atom. The second-order valence-corrected chi connectivity index (χ2v) is 16.8. The number of aromatic nitrogens is 4. The number of nitrogens with two attached hydrogens (primary N) is 2. The third kappa shape index (κ3) is 9.85. The fourth-order valence-corrected chi connectivity index (χ4v) is 8.58. The van der Waals surface area contributed by atoms with Crippen molar-refractivity contribution in [2.75, 3.05) is 79.9 Å². The lowest BCUT2D eigenvalue weighted by Crippen LogP contribution is -2.49. The van der Waals surface area contributed by atoms with E-state index in [9.17, 15) is 30.0 Å². The maximum Gasteiger partial charge on any atom is 0.253 e. The first-order valence-corrected chi connectivity index (χ1v) is 22.8. The van der Waals surface area contributed by atoms with Crippen molar-refractivity contribution in [1.82, 2.24) is 29.7 Å². The zero-order valence-electron chi connectivity index (χ0n) is 36.5. The van der Waals surface area contributed by atoms with Gasteiger partial charge in [-0.2, -0.15) is 9.97 Å². The molecule has 0 aliphatic carbocycles. The molecule has 0 saturated carbocycles. The highest BCUT2D eigenvalue weighted by Gasteiger charge is 2.26. The van der Waals surface area contributed by atoms with Gasteiger partial charge in [-0.3, -0.25) is 9.59 Å². The predicted molar refractivity (Wildman–Crippen MR) is 258 cm³/mol. The van der Waals surface area contributed by atoms with E-state index in [1.165, 1.54) is 0 Å². The maximum atomic E-state index is 13.1. The van der Waals surface area contributed by atoms with E-state index in [-0.39, 0.29) is 38.2 Å². The van der Waals surface area contributed by atoms with Gasteiger partial charge in [0.05, 0.1) is 37.5 Å². The first-order valence-electron chi connectivity index (χ1n) is 21.6. The maximum absolute atomic E-state index is 13.1. The van der Waals surface area contributed by atoms with Gasteiger partial charge in [-0.15, -0.1) is 11.8 Å². The van der Waals surface area contributed by atoms with Crippen molar-refractivity contribution in [2.45, 2.75) is 31.3 Å². The summed E-state index contributed by atoms with van der Waals surface area (Å²) in [5.41, 5.74) is 19.6. The number of hydrogen-bond acceptors (Lipinski definition) is 15. The number of aliphatic hydroxyl groups excluding tert-OH is 4. The van der Waals surface area contributed by atoms with Crippen LogP contribution in [0.2, 0.25) is 0 Å². The number of benzene rings is 5. The Labute approximate surface area is 386 Å². The molecule has 2 aliphatic heterocycles. The van der Waals surface area contributed by atoms with Crippen molar-refractivity contribution >= 4 is 68.9 Å². The number of aliphatic hydroxyl groups is 4. The monoisotopic (exact) mass is 908 g/mol. The zero-order valence-corrected chi connectivity index (χ0v) is 37.4. The Bertz CT molecular complexity index is 2840. The second-order valence-electron chi connectivity index (χ2n) is 16.0. The van der Waals surface area contributed by atoms with Crippen molar-refractivity contribution < 1.29 is 30.0 Å². The summed E-state index contributed by atoms with van der Waals surface area (Å²) in [6.45, 7) is 3.81. The van der Waals surface area contributed by atoms with Gasteiger partial charge in [0.1, 0.15) is 11.6 Å². The molecular formula is C49H52N10O6S. The molecule has 2 fully saturated rings. The fourth-order valence-electron chi connectivity index (χ4n) is 8.17. The number of fused-ring (bicyclic) bond motifs is 2. The van der Waals surface area contributed by atoms with E-state index in [1.54, 1.807) is 36.0 Å². The van der Waals surface area contributed by atoms with Crippen LogP contribution in [0.3, 0.4) is 0 Å². The third-order valence-corrected chi connectivity index (χ3v) is 12.8. The summed E-state index contributed by atoms with van der Waals surface area (Å²) in [7, 11) is 0. The van der Waals surface area contributed by atoms with E-state index >= 15 is 0 Å². The number of hydrogen-bond donors (Lipinski definition) is 6. The minimum atomic E-state index is -0.196. The topological polar surface area (TPSA) is 232 Å². The minimum Gasteiger partial charge on any atom is -0.392 e. The molecule has 0 spiro atoms. The molecule has 16 nitrogen and oxygen atoms in total. The van der Waals surface area contributed by atoms with Gasteiger partial charge in [0.2, 0.25) is 11.9 Å². The lowest BCUT2D eigenvalue weighted by Gasteiger charge is -2.35. The first kappa shape index (κ1) is 45.7. The molecule has 9 rings (SSSR count). The number of carbonyl (C=O) groups excluding carboxylic acids is 2. The number of nitrogens with zero attached hydrogens (tertiary/aromatic N) is 8. The number of nitrogen functional groups attached to an aromatic ring is 2. The summed E-state index contributed by atoms with van der Waals surface area (Å²) in [5, 5.41) is 39.5. The van der Waals surface area contributed by atoms with Crippen LogP contribution in [0.1, 0.15) is 43.0 Å². The molecule has 2 saturated heterocycles. The normalized spacial score (nSPS) is 14.1. The van der Waals surface area contributed by atoms with Crippen LogP contribution in [0.25, 0.3) is 32.9 Å². The van der Waals surface area contributed by atoms with Crippen molar-refractivity contribution in [3.63, 3.8) is 0 Å². The number of carbonyl (C=O) groups is 2. The van der Waals surface area contributed by atoms with Gasteiger partial charge >= 0.3 is 0 Å². The van der Waals surface area contributed by atoms with E-state index in [2.05, 4.69) is 19.9 Å². The Balaban J connectivity index is 0.000000181. The molecule has 7 aromatic rings. The van der Waals surface area contributed by atoms with Gasteiger partial charge in [0.25, 0.3) is 11.8 Å². The molecule has 8 N–H and O–H groups in total. The lowest BCUT2D eigenvalue weighted by molar-refractivity contribution is 0.0739. The van der Waals surface area contributed by atoms with Gasteiger partial charge in [-0.25, -0.2) is 9.97 Å². The molecule has 17 heteroatoms. The SMILES string of the molecule is CSc1ccc(C(=O)N2CCN(c3nc(N)c4cc(CO)c(CO)cc4n3)CC2)cc1.Nc1nc(N2CCN(C(=O)c3ccc(-c4ccccc4)cc3)CC2)nc2cc(CO)c(CO)cc12. The van der Waals surface area contributed by atoms with Crippen LogP contribution in [0.15, 0.2) is 108 Å². The molecule has 2 amide bonds. The Hall–Kier alpha value is -6.89. The molecule has 0 unspecified atom stereocenters. The van der Waals surface area contributed by atoms with Crippen LogP contribution in [0, 0.1) is 0 Å². The van der Waals surface area contributed by atoms with E-state index in [1.807, 2.05) is 105 Å². The number of amides is 2. The number of rotatable bonds is 10. The standard InChI is InChI=1S/C27H27N5O3.C22H25N5O3S/c28-25-23-14-21(16-33)22(17-34)15-24(23)29-27(30-25)32-12-10-31(11-13-32)26(35)20-8-6-19(7-9-20)18-4-2-1-3-5-18;1-31-17-4-2-14(3-5-17)21(30)26-6-8-27(9-7-26)22-24-19-11-16(13-29)15(12-28)10-18(19)20(23)25-22/h1-9,14-15,33-34H,10-13,16-17H2,(H2,28,29,30);2-5,10-11,28-29H,6-9,12-13H2,1H3,(H2,23,24,25). The van der Waals surface area contributed by atoms with E-state index < -0.39 is 0 Å². The van der Waals surface area contributed by atoms with Gasteiger partial charge in [0, 0.05) is 79.2 Å². The van der Waals surface area contributed by atoms with E-state index in [0.717, 1.165) is 16.0 Å². The van der Waals surface area contributed by atoms with E-state index in [0.29, 0.717) is 131 Å². The van der Waals surface area contributed by atoms with Crippen LogP contribution in [0.4, 0.5) is 23.5 Å². The average molecular weight is 909 g/mol. The summed E-state index contributed by atoms with van der Waals surface area (Å²) in [6, 6.07) is 32.4. The smallest absolute Gasteiger partial charge is 0.253 e. The fraction of sp³-hybridized carbons (Fsp3) is 0.265. The molecule has 66 heavy (non-hydrogen) atoms. The van der Waals surface area contributed by atoms with Crippen LogP contribution >= 0.6 is 11.8 Å². The molecule has 0 radical (unpaired) electrons. The van der Waals surface area contributed by atoms with Gasteiger partial charge in [-0.1, -0.05) is 42.5 Å². The minimum absolute atomic E-state index is 0.00678. The molecule has 5 aromatic carbocycles. The highest BCUT2D eigenvalue weighted by atomic mass is 32.2. The molecule has 2 aromatic heterocycles. The van der Waals surface area contributed by atoms with Crippen LogP contribution in [0.5, 0.6) is 0 Å². The Morgan fingerprint density at radius 2 is 0.894 bits per heavy atom. The summed E-state index contributed by atoms with van der Waals surface area (Å²) < 4.78 is 0. The Morgan fingerprint density at radius 3 is 1.29 bits per heavy atom. The number of piperazine rings is 2. The third-order valence-electron chi connectivity index (χ3n) is 12.0. The van der Waals surface area contributed by atoms with Crippen LogP contribution in [-0.2, 0) is 26.4 Å². The average Bonchev–Trinajstić information content (AvgIpc) is 3.38. The highest BCUT2D eigenvalue weighted by molar-refractivity contribution is 7.98. The second kappa shape index (κ2) is 20.5. The van der Waals surface area contributed by atoms with Gasteiger partial charge < -0.3 is 51.5 Å². The zero-order chi connectivity index (χ0) is 46.3. The number of thioether (sulfide) groups is 1. The summed E-state index contributed by atoms with van der Waals surface area (Å²) in [4.78, 5) is 52.9. The first-order chi connectivity index (χ1) is 32.1. The van der Waals surface area contributed by atoms with Crippen molar-refractivity contribution in [2.24, 2.45) is 0 Å². The quantitative estimate of drug-likeness (QED) is 0.102. The van der Waals surface area contributed by atoms with Gasteiger partial charge in [-0.05, 0) is 100 Å². The predicted octanol–water partition coefficient (Wildman–Crippen LogP) is 4.71. The largest absolute Gasteiger partial charge is 0.392 e. The molecule has 2 aliphatic rings. The van der Waals surface area contributed by atoms with Crippen LogP contribution in [-0.4, -0.2) is 121 Å². The Kier molecular flexibility index (Phi) is 14.2. The summed E-state index contributed by atoms with van der Waals surface area (Å²) >= 11 is 1.65. The van der Waals surface area contributed by atoms with Crippen molar-refractivity contribution in [1.29, 1.82) is 0 Å². The molecule has 0 bridgehead atoms. The van der Waals surface area contributed by atoms with E-state index in [4.69, 9.17) is 11.5 Å².